The van der Waals surface area contributed by atoms with Crippen molar-refractivity contribution in [1.29, 1.82) is 0 Å². The molecule has 0 N–H and O–H groups in total. The second-order valence-electron chi connectivity index (χ2n) is 5.54. The summed E-state index contributed by atoms with van der Waals surface area (Å²) in [5.41, 5.74) is 0.208. The topological polar surface area (TPSA) is 12.5 Å². The zero-order chi connectivity index (χ0) is 13.1. The molecule has 0 bridgehead atoms. The second kappa shape index (κ2) is 5.89. The van der Waals surface area contributed by atoms with Gasteiger partial charge < -0.3 is 4.74 Å². The third kappa shape index (κ3) is 4.55. The minimum atomic E-state index is 0.0926. The average Bonchev–Trinajstić information content (AvgIpc) is 2.75. The number of hydrogen-bond donors (Lipinski definition) is 0. The van der Waals surface area contributed by atoms with E-state index in [0.29, 0.717) is 23.9 Å². The number of ether oxygens (including phenoxy) is 1. The lowest BCUT2D eigenvalue weighted by Gasteiger charge is -2.10. The zero-order valence-electron chi connectivity index (χ0n) is 12.8. The van der Waals surface area contributed by atoms with Gasteiger partial charge in [0.25, 0.3) is 0 Å². The SMILES string of the molecule is CC(C)C1(C)OC1C.[3H]C(C)C(C)C(C)C. The third-order valence-corrected chi connectivity index (χ3v) is 3.90. The highest BCUT2D eigenvalue weighted by atomic mass is 16.6. The molecular weight excluding hydrogens is 184 g/mol. The van der Waals surface area contributed by atoms with Crippen molar-refractivity contribution >= 4 is 0 Å². The van der Waals surface area contributed by atoms with Crippen molar-refractivity contribution < 1.29 is 6.11 Å². The summed E-state index contributed by atoms with van der Waals surface area (Å²) >= 11 is 0. The van der Waals surface area contributed by atoms with Crippen LogP contribution < -0.4 is 0 Å². The Morgan fingerprint density at radius 2 is 1.67 bits per heavy atom. The van der Waals surface area contributed by atoms with E-state index in [4.69, 9.17) is 6.11 Å². The second-order valence-corrected chi connectivity index (χ2v) is 5.54. The standard InChI is InChI=1S/C7H14O.C7H16/c1-5(2)7(4)6(3)8-7;1-5-7(4)6(2)3/h5-6H,1-4H3;6-7H,5H2,1-4H3/i;5T. The fraction of sp³-hybridized carbons (Fsp3) is 1.00. The molecular formula is C14H30O. The molecule has 0 aromatic rings. The van der Waals surface area contributed by atoms with E-state index >= 15 is 0 Å². The monoisotopic (exact) mass is 216 g/mol. The summed E-state index contributed by atoms with van der Waals surface area (Å²) in [6, 6.07) is 0. The van der Waals surface area contributed by atoms with Crippen LogP contribution in [0.3, 0.4) is 0 Å². The Hall–Kier alpha value is -0.0400. The molecule has 0 saturated carbocycles. The molecule has 15 heavy (non-hydrogen) atoms. The predicted molar refractivity (Wildman–Crippen MR) is 68.1 cm³/mol. The van der Waals surface area contributed by atoms with E-state index in [2.05, 4.69) is 48.5 Å². The highest BCUT2D eigenvalue weighted by Gasteiger charge is 2.50. The summed E-state index contributed by atoms with van der Waals surface area (Å²) in [6.45, 7) is 17.1. The molecule has 1 heteroatoms. The van der Waals surface area contributed by atoms with E-state index in [1.807, 2.05) is 6.92 Å². The fourth-order valence-electron chi connectivity index (χ4n) is 1.34. The first-order chi connectivity index (χ1) is 7.12. The molecule has 0 aliphatic carbocycles. The average molecular weight is 216 g/mol. The summed E-state index contributed by atoms with van der Waals surface area (Å²) < 4.78 is 12.7. The van der Waals surface area contributed by atoms with Gasteiger partial charge in [-0.15, -0.1) is 0 Å². The molecule has 1 heterocycles. The molecule has 4 atom stereocenters. The maximum atomic E-state index is 7.31. The molecule has 0 aromatic carbocycles. The molecule has 0 radical (unpaired) electrons. The van der Waals surface area contributed by atoms with Crippen molar-refractivity contribution in [1.82, 2.24) is 0 Å². The summed E-state index contributed by atoms with van der Waals surface area (Å²) in [4.78, 5) is 0. The van der Waals surface area contributed by atoms with E-state index in [1.165, 1.54) is 0 Å². The maximum Gasteiger partial charge on any atom is 0.0940 e. The molecule has 4 unspecified atom stereocenters. The Morgan fingerprint density at radius 3 is 1.67 bits per heavy atom. The Kier molecular flexibility index (Phi) is 5.11. The highest BCUT2D eigenvalue weighted by Crippen LogP contribution is 2.41. The van der Waals surface area contributed by atoms with E-state index in [-0.39, 0.29) is 12.0 Å². The van der Waals surface area contributed by atoms with Crippen molar-refractivity contribution in [2.24, 2.45) is 17.8 Å². The first kappa shape index (κ1) is 13.0. The molecule has 1 saturated heterocycles. The van der Waals surface area contributed by atoms with E-state index in [1.54, 1.807) is 0 Å². The van der Waals surface area contributed by atoms with Crippen LogP contribution in [0.25, 0.3) is 0 Å². The van der Waals surface area contributed by atoms with Crippen LogP contribution >= 0.6 is 0 Å². The van der Waals surface area contributed by atoms with E-state index in [9.17, 15) is 0 Å². The van der Waals surface area contributed by atoms with Gasteiger partial charge in [-0.25, -0.2) is 0 Å². The van der Waals surface area contributed by atoms with Gasteiger partial charge in [-0.3, -0.25) is 0 Å². The lowest BCUT2D eigenvalue weighted by atomic mass is 9.95. The number of rotatable bonds is 3. The van der Waals surface area contributed by atoms with E-state index < -0.39 is 0 Å². The summed E-state index contributed by atoms with van der Waals surface area (Å²) in [7, 11) is 0. The smallest absolute Gasteiger partial charge is 0.0940 e. The van der Waals surface area contributed by atoms with Gasteiger partial charge >= 0.3 is 0 Å². The van der Waals surface area contributed by atoms with Gasteiger partial charge in [0.2, 0.25) is 0 Å². The van der Waals surface area contributed by atoms with Crippen LogP contribution in [0.1, 0.15) is 63.2 Å². The van der Waals surface area contributed by atoms with Crippen molar-refractivity contribution in [2.75, 3.05) is 0 Å². The minimum Gasteiger partial charge on any atom is -0.366 e. The molecule has 1 aliphatic rings. The normalized spacial score (nSPS) is 34.3. The van der Waals surface area contributed by atoms with Crippen LogP contribution in [0.15, 0.2) is 0 Å². The van der Waals surface area contributed by atoms with Gasteiger partial charge in [-0.2, -0.15) is 0 Å². The quantitative estimate of drug-likeness (QED) is 0.632. The van der Waals surface area contributed by atoms with Crippen LogP contribution in [-0.4, -0.2) is 11.7 Å². The Morgan fingerprint density at radius 1 is 1.27 bits per heavy atom. The van der Waals surface area contributed by atoms with Crippen molar-refractivity contribution in [3.63, 3.8) is 0 Å². The predicted octanol–water partition coefficient (Wildman–Crippen LogP) is 4.51. The third-order valence-electron chi connectivity index (χ3n) is 3.90. The van der Waals surface area contributed by atoms with Crippen LogP contribution in [0.4, 0.5) is 0 Å². The van der Waals surface area contributed by atoms with Crippen molar-refractivity contribution in [2.45, 2.75) is 73.5 Å². The minimum absolute atomic E-state index is 0.0926. The molecule has 1 nitrogen and oxygen atoms in total. The zero-order valence-corrected chi connectivity index (χ0v) is 11.8. The van der Waals surface area contributed by atoms with Gasteiger partial charge in [0.15, 0.2) is 0 Å². The molecule has 92 valence electrons. The molecule has 0 amide bonds. The maximum absolute atomic E-state index is 7.31. The molecule has 0 spiro atoms. The molecule has 1 fully saturated rings. The highest BCUT2D eigenvalue weighted by molar-refractivity contribution is 4.98. The van der Waals surface area contributed by atoms with Crippen LogP contribution in [0, 0.1) is 17.8 Å². The number of hydrogen-bond acceptors (Lipinski definition) is 1. The molecule has 0 aromatic heterocycles. The van der Waals surface area contributed by atoms with Crippen molar-refractivity contribution in [3.8, 4) is 0 Å². The van der Waals surface area contributed by atoms with Gasteiger partial charge in [0.05, 0.1) is 11.7 Å². The van der Waals surface area contributed by atoms with E-state index in [0.717, 1.165) is 0 Å². The van der Waals surface area contributed by atoms with Crippen LogP contribution in [0.2, 0.25) is 0 Å². The Labute approximate surface area is 98.0 Å². The fourth-order valence-corrected chi connectivity index (χ4v) is 1.34. The van der Waals surface area contributed by atoms with Crippen LogP contribution in [0.5, 0.6) is 0 Å². The summed E-state index contributed by atoms with van der Waals surface area (Å²) in [5, 5.41) is 0. The lowest BCUT2D eigenvalue weighted by molar-refractivity contribution is 0.256. The Bertz CT molecular complexity index is 193. The van der Waals surface area contributed by atoms with Gasteiger partial charge in [-0.1, -0.05) is 47.9 Å². The summed E-state index contributed by atoms with van der Waals surface area (Å²) in [5.74, 6) is 1.86. The molecule has 1 aliphatic heterocycles. The molecule has 1 rings (SSSR count). The van der Waals surface area contributed by atoms with Gasteiger partial charge in [0, 0.05) is 1.37 Å². The summed E-state index contributed by atoms with van der Waals surface area (Å²) in [6.07, 6.45) is 0.581. The van der Waals surface area contributed by atoms with Crippen LogP contribution in [-0.2, 0) is 4.74 Å². The Balaban J connectivity index is 0.000000281. The van der Waals surface area contributed by atoms with Gasteiger partial charge in [-0.05, 0) is 31.6 Å². The lowest BCUT2D eigenvalue weighted by Crippen LogP contribution is -2.16. The first-order valence-electron chi connectivity index (χ1n) is 6.80. The van der Waals surface area contributed by atoms with Crippen molar-refractivity contribution in [3.05, 3.63) is 0 Å². The largest absolute Gasteiger partial charge is 0.366 e. The first-order valence-corrected chi connectivity index (χ1v) is 6.23. The number of epoxide rings is 1. The van der Waals surface area contributed by atoms with Gasteiger partial charge in [0.1, 0.15) is 0 Å².